The van der Waals surface area contributed by atoms with Gasteiger partial charge in [-0.15, -0.1) is 5.92 Å². The van der Waals surface area contributed by atoms with E-state index in [1.54, 1.807) is 0 Å². The SMILES string of the molecule is CC#CC(Br)C(C)(C)C. The first kappa shape index (κ1) is 9.04. The maximum Gasteiger partial charge on any atom is 0.0802 e. The molecule has 0 nitrogen and oxygen atoms in total. The zero-order valence-electron chi connectivity index (χ0n) is 6.46. The minimum atomic E-state index is 0.253. The maximum atomic E-state index is 3.48. The lowest BCUT2D eigenvalue weighted by Crippen LogP contribution is -2.17. The Balaban J connectivity index is 3.99. The van der Waals surface area contributed by atoms with Crippen LogP contribution >= 0.6 is 15.9 Å². The first-order valence-electron chi connectivity index (χ1n) is 3.05. The number of hydrogen-bond donors (Lipinski definition) is 0. The van der Waals surface area contributed by atoms with E-state index < -0.39 is 0 Å². The maximum absolute atomic E-state index is 3.48. The van der Waals surface area contributed by atoms with Crippen LogP contribution in [-0.4, -0.2) is 4.83 Å². The van der Waals surface area contributed by atoms with Gasteiger partial charge in [-0.1, -0.05) is 42.6 Å². The molecule has 0 aliphatic rings. The molecule has 0 aliphatic heterocycles. The van der Waals surface area contributed by atoms with Crippen molar-refractivity contribution in [3.63, 3.8) is 0 Å². The highest BCUT2D eigenvalue weighted by atomic mass is 79.9. The smallest absolute Gasteiger partial charge is 0.0802 e. The molecule has 0 saturated heterocycles. The van der Waals surface area contributed by atoms with E-state index in [4.69, 9.17) is 0 Å². The van der Waals surface area contributed by atoms with Crippen LogP contribution in [0.25, 0.3) is 0 Å². The number of hydrogen-bond acceptors (Lipinski definition) is 0. The molecule has 1 atom stereocenters. The van der Waals surface area contributed by atoms with E-state index in [-0.39, 0.29) is 5.41 Å². The zero-order chi connectivity index (χ0) is 7.49. The standard InChI is InChI=1S/C8H13Br/c1-5-6-7(9)8(2,3)4/h7H,1-4H3. The Morgan fingerprint density at radius 2 is 1.78 bits per heavy atom. The second-order valence-corrected chi connectivity index (χ2v) is 4.04. The highest BCUT2D eigenvalue weighted by molar-refractivity contribution is 9.09. The molecule has 0 aliphatic carbocycles. The van der Waals surface area contributed by atoms with E-state index in [0.29, 0.717) is 4.83 Å². The Morgan fingerprint density at radius 3 is 1.89 bits per heavy atom. The van der Waals surface area contributed by atoms with Crippen LogP contribution in [0.5, 0.6) is 0 Å². The van der Waals surface area contributed by atoms with Crippen molar-refractivity contribution in [2.75, 3.05) is 0 Å². The van der Waals surface area contributed by atoms with Gasteiger partial charge in [0.15, 0.2) is 0 Å². The molecular formula is C8H13Br. The number of alkyl halides is 1. The first-order chi connectivity index (χ1) is 3.98. The fraction of sp³-hybridized carbons (Fsp3) is 0.750. The summed E-state index contributed by atoms with van der Waals surface area (Å²) in [4.78, 5) is 0.315. The predicted octanol–water partition coefficient (Wildman–Crippen LogP) is 2.82. The Labute approximate surface area is 66.2 Å². The Hall–Kier alpha value is 0.0400. The fourth-order valence-electron chi connectivity index (χ4n) is 0.343. The Kier molecular flexibility index (Phi) is 3.28. The van der Waals surface area contributed by atoms with Crippen molar-refractivity contribution in [1.29, 1.82) is 0 Å². The summed E-state index contributed by atoms with van der Waals surface area (Å²) in [6, 6.07) is 0. The lowest BCUT2D eigenvalue weighted by Gasteiger charge is -2.20. The van der Waals surface area contributed by atoms with Crippen LogP contribution in [-0.2, 0) is 0 Å². The van der Waals surface area contributed by atoms with Crippen LogP contribution in [0.3, 0.4) is 0 Å². The summed E-state index contributed by atoms with van der Waals surface area (Å²) in [5.41, 5.74) is 0.253. The first-order valence-corrected chi connectivity index (χ1v) is 3.96. The van der Waals surface area contributed by atoms with Crippen LogP contribution in [0.4, 0.5) is 0 Å². The molecule has 1 heteroatoms. The Morgan fingerprint density at radius 1 is 1.33 bits per heavy atom. The summed E-state index contributed by atoms with van der Waals surface area (Å²) in [7, 11) is 0. The van der Waals surface area contributed by atoms with Crippen LogP contribution < -0.4 is 0 Å². The third-order valence-electron chi connectivity index (χ3n) is 1.03. The zero-order valence-corrected chi connectivity index (χ0v) is 8.04. The van der Waals surface area contributed by atoms with E-state index in [9.17, 15) is 0 Å². The van der Waals surface area contributed by atoms with Crippen molar-refractivity contribution in [1.82, 2.24) is 0 Å². The quantitative estimate of drug-likeness (QED) is 0.406. The van der Waals surface area contributed by atoms with Gasteiger partial charge < -0.3 is 0 Å². The molecule has 1 unspecified atom stereocenters. The lowest BCUT2D eigenvalue weighted by atomic mass is 9.93. The molecule has 0 saturated carbocycles. The number of halogens is 1. The molecule has 0 spiro atoms. The second kappa shape index (κ2) is 3.27. The van der Waals surface area contributed by atoms with Gasteiger partial charge in [-0.25, -0.2) is 0 Å². The predicted molar refractivity (Wildman–Crippen MR) is 45.6 cm³/mol. The monoisotopic (exact) mass is 188 g/mol. The van der Waals surface area contributed by atoms with E-state index >= 15 is 0 Å². The fourth-order valence-corrected chi connectivity index (χ4v) is 0.572. The molecule has 0 bridgehead atoms. The van der Waals surface area contributed by atoms with Crippen molar-refractivity contribution in [2.45, 2.75) is 32.5 Å². The molecule has 0 fully saturated rings. The van der Waals surface area contributed by atoms with Gasteiger partial charge in [0.05, 0.1) is 4.83 Å². The molecule has 0 rings (SSSR count). The van der Waals surface area contributed by atoms with Gasteiger partial charge in [0.25, 0.3) is 0 Å². The summed E-state index contributed by atoms with van der Waals surface area (Å²) >= 11 is 3.48. The van der Waals surface area contributed by atoms with Gasteiger partial charge in [-0.05, 0) is 12.3 Å². The van der Waals surface area contributed by atoms with Gasteiger partial charge in [0.1, 0.15) is 0 Å². The van der Waals surface area contributed by atoms with E-state index in [1.165, 1.54) is 0 Å². The molecule has 0 aromatic rings. The van der Waals surface area contributed by atoms with Crippen molar-refractivity contribution in [2.24, 2.45) is 5.41 Å². The van der Waals surface area contributed by atoms with Gasteiger partial charge in [-0.3, -0.25) is 0 Å². The largest absolute Gasteiger partial charge is 0.106 e. The summed E-state index contributed by atoms with van der Waals surface area (Å²) < 4.78 is 0. The van der Waals surface area contributed by atoms with Crippen LogP contribution in [0.1, 0.15) is 27.7 Å². The molecule has 0 aromatic carbocycles. The lowest BCUT2D eigenvalue weighted by molar-refractivity contribution is 0.444. The molecule has 52 valence electrons. The topological polar surface area (TPSA) is 0 Å². The van der Waals surface area contributed by atoms with E-state index in [0.717, 1.165) is 0 Å². The molecule has 0 N–H and O–H groups in total. The van der Waals surface area contributed by atoms with E-state index in [1.807, 2.05) is 6.92 Å². The molecule has 0 amide bonds. The molecule has 9 heavy (non-hydrogen) atoms. The third kappa shape index (κ3) is 3.59. The molecular weight excluding hydrogens is 176 g/mol. The average molecular weight is 189 g/mol. The van der Waals surface area contributed by atoms with Gasteiger partial charge in [0, 0.05) is 0 Å². The normalized spacial score (nSPS) is 13.9. The van der Waals surface area contributed by atoms with Crippen molar-refractivity contribution in [3.05, 3.63) is 0 Å². The number of rotatable bonds is 0. The Bertz CT molecular complexity index is 131. The van der Waals surface area contributed by atoms with Gasteiger partial charge in [-0.2, -0.15) is 0 Å². The highest BCUT2D eigenvalue weighted by Gasteiger charge is 2.18. The van der Waals surface area contributed by atoms with Crippen molar-refractivity contribution in [3.8, 4) is 11.8 Å². The summed E-state index contributed by atoms with van der Waals surface area (Å²) in [6.07, 6.45) is 0. The average Bonchev–Trinajstić information content (AvgIpc) is 1.64. The molecule has 0 radical (unpaired) electrons. The third-order valence-corrected chi connectivity index (χ3v) is 2.63. The van der Waals surface area contributed by atoms with Crippen molar-refractivity contribution < 1.29 is 0 Å². The van der Waals surface area contributed by atoms with Crippen LogP contribution in [0.15, 0.2) is 0 Å². The molecule has 0 heterocycles. The second-order valence-electron chi connectivity index (χ2n) is 3.12. The van der Waals surface area contributed by atoms with Gasteiger partial charge in [0.2, 0.25) is 0 Å². The van der Waals surface area contributed by atoms with Crippen molar-refractivity contribution >= 4 is 15.9 Å². The van der Waals surface area contributed by atoms with Crippen LogP contribution in [0.2, 0.25) is 0 Å². The van der Waals surface area contributed by atoms with Crippen LogP contribution in [0, 0.1) is 17.3 Å². The molecule has 0 aromatic heterocycles. The minimum absolute atomic E-state index is 0.253. The summed E-state index contributed by atoms with van der Waals surface area (Å²) in [5, 5.41) is 0. The minimum Gasteiger partial charge on any atom is -0.106 e. The summed E-state index contributed by atoms with van der Waals surface area (Å²) in [5.74, 6) is 5.93. The van der Waals surface area contributed by atoms with E-state index in [2.05, 4.69) is 48.5 Å². The van der Waals surface area contributed by atoms with Gasteiger partial charge >= 0.3 is 0 Å². The highest BCUT2D eigenvalue weighted by Crippen LogP contribution is 2.24. The summed E-state index contributed by atoms with van der Waals surface area (Å²) in [6.45, 7) is 8.35.